The van der Waals surface area contributed by atoms with E-state index in [9.17, 15) is 9.59 Å². The van der Waals surface area contributed by atoms with E-state index >= 15 is 0 Å². The van der Waals surface area contributed by atoms with Crippen molar-refractivity contribution < 1.29 is 19.1 Å². The van der Waals surface area contributed by atoms with E-state index in [0.717, 1.165) is 37.7 Å². The van der Waals surface area contributed by atoms with Crippen molar-refractivity contribution in [1.29, 1.82) is 0 Å². The summed E-state index contributed by atoms with van der Waals surface area (Å²) in [6.45, 7) is 3.37. The van der Waals surface area contributed by atoms with Gasteiger partial charge < -0.3 is 9.47 Å². The highest BCUT2D eigenvalue weighted by atomic mass is 16.5. The maximum absolute atomic E-state index is 12.1. The number of methoxy groups -OCH3 is 1. The largest absolute Gasteiger partial charge is 0.469 e. The van der Waals surface area contributed by atoms with E-state index in [2.05, 4.69) is 0 Å². The lowest BCUT2D eigenvalue weighted by molar-refractivity contribution is -0.152. The predicted molar refractivity (Wildman–Crippen MR) is 70.3 cm³/mol. The minimum absolute atomic E-state index is 0.0773. The van der Waals surface area contributed by atoms with Gasteiger partial charge in [0.05, 0.1) is 13.0 Å². The van der Waals surface area contributed by atoms with Crippen LogP contribution in [0.1, 0.15) is 46.0 Å². The van der Waals surface area contributed by atoms with Gasteiger partial charge in [-0.3, -0.25) is 9.59 Å². The van der Waals surface area contributed by atoms with E-state index in [-0.39, 0.29) is 29.4 Å². The van der Waals surface area contributed by atoms with Crippen molar-refractivity contribution in [1.82, 2.24) is 0 Å². The molecule has 0 aliphatic heterocycles. The first kappa shape index (κ1) is 14.1. The van der Waals surface area contributed by atoms with E-state index in [1.165, 1.54) is 14.0 Å². The molecule has 4 heteroatoms. The number of carbonyl (C=O) groups excluding carboxylic acids is 2. The standard InChI is InChI=1S/C15H22O4/c1-10-8-12(19-11(2)16)9-15(6-4-5-7-15)13(10)14(17)18-3/h8,12-13H,4-7,9H2,1-3H3/t12-,13+/m1/s1. The Labute approximate surface area is 114 Å². The van der Waals surface area contributed by atoms with Gasteiger partial charge in [0.1, 0.15) is 6.10 Å². The third kappa shape index (κ3) is 2.67. The summed E-state index contributed by atoms with van der Waals surface area (Å²) in [4.78, 5) is 23.2. The van der Waals surface area contributed by atoms with E-state index in [4.69, 9.17) is 9.47 Å². The molecule has 1 saturated carbocycles. The highest BCUT2D eigenvalue weighted by Crippen LogP contribution is 2.53. The first-order chi connectivity index (χ1) is 8.98. The van der Waals surface area contributed by atoms with Crippen molar-refractivity contribution >= 4 is 11.9 Å². The molecular weight excluding hydrogens is 244 g/mol. The zero-order valence-corrected chi connectivity index (χ0v) is 11.9. The molecule has 2 atom stereocenters. The average Bonchev–Trinajstić information content (AvgIpc) is 2.75. The highest BCUT2D eigenvalue weighted by molar-refractivity contribution is 5.77. The lowest BCUT2D eigenvalue weighted by Gasteiger charge is -2.42. The molecule has 0 aromatic heterocycles. The first-order valence-electron chi connectivity index (χ1n) is 6.92. The van der Waals surface area contributed by atoms with Gasteiger partial charge >= 0.3 is 11.9 Å². The lowest BCUT2D eigenvalue weighted by atomic mass is 9.64. The van der Waals surface area contributed by atoms with Crippen LogP contribution in [0.25, 0.3) is 0 Å². The van der Waals surface area contributed by atoms with Crippen molar-refractivity contribution in [3.8, 4) is 0 Å². The summed E-state index contributed by atoms with van der Waals surface area (Å²) in [5.41, 5.74) is 0.901. The van der Waals surface area contributed by atoms with Crippen LogP contribution in [0.2, 0.25) is 0 Å². The van der Waals surface area contributed by atoms with Crippen molar-refractivity contribution in [2.24, 2.45) is 11.3 Å². The van der Waals surface area contributed by atoms with E-state index in [1.54, 1.807) is 0 Å². The van der Waals surface area contributed by atoms with Crippen LogP contribution in [0.3, 0.4) is 0 Å². The zero-order valence-electron chi connectivity index (χ0n) is 11.9. The Kier molecular flexibility index (Phi) is 3.97. The summed E-state index contributed by atoms with van der Waals surface area (Å²) < 4.78 is 10.3. The van der Waals surface area contributed by atoms with Gasteiger partial charge in [-0.2, -0.15) is 0 Å². The Bertz CT molecular complexity index is 404. The number of hydrogen-bond acceptors (Lipinski definition) is 4. The van der Waals surface area contributed by atoms with Gasteiger partial charge in [-0.1, -0.05) is 18.4 Å². The number of ether oxygens (including phenoxy) is 2. The van der Waals surface area contributed by atoms with Gasteiger partial charge in [-0.15, -0.1) is 0 Å². The second-order valence-corrected chi connectivity index (χ2v) is 5.79. The van der Waals surface area contributed by atoms with Gasteiger partial charge in [0.2, 0.25) is 0 Å². The van der Waals surface area contributed by atoms with E-state index in [1.807, 2.05) is 13.0 Å². The molecule has 0 heterocycles. The molecule has 0 aromatic carbocycles. The maximum atomic E-state index is 12.1. The second kappa shape index (κ2) is 5.35. The fraction of sp³-hybridized carbons (Fsp3) is 0.733. The Hall–Kier alpha value is -1.32. The summed E-state index contributed by atoms with van der Waals surface area (Å²) in [6.07, 6.45) is 6.74. The Morgan fingerprint density at radius 1 is 1.32 bits per heavy atom. The molecule has 1 fully saturated rings. The number of carbonyl (C=O) groups is 2. The summed E-state index contributed by atoms with van der Waals surface area (Å²) in [5.74, 6) is -0.595. The van der Waals surface area contributed by atoms with Crippen LogP contribution < -0.4 is 0 Å². The van der Waals surface area contributed by atoms with Crippen LogP contribution in [0.4, 0.5) is 0 Å². The summed E-state index contributed by atoms with van der Waals surface area (Å²) in [6, 6.07) is 0. The SMILES string of the molecule is COC(=O)[C@@H]1C(C)=C[C@@H](OC(C)=O)CC12CCCC2. The fourth-order valence-electron chi connectivity index (χ4n) is 3.86. The molecule has 106 valence electrons. The maximum Gasteiger partial charge on any atom is 0.313 e. The molecule has 0 bridgehead atoms. The molecule has 4 nitrogen and oxygen atoms in total. The molecule has 0 N–H and O–H groups in total. The molecule has 0 radical (unpaired) electrons. The summed E-state index contributed by atoms with van der Waals surface area (Å²) in [5, 5.41) is 0. The van der Waals surface area contributed by atoms with Gasteiger partial charge in [-0.05, 0) is 37.7 Å². The predicted octanol–water partition coefficient (Wildman–Crippen LogP) is 2.62. The Balaban J connectivity index is 2.30. The first-order valence-corrected chi connectivity index (χ1v) is 6.92. The van der Waals surface area contributed by atoms with Crippen LogP contribution in [-0.4, -0.2) is 25.2 Å². The monoisotopic (exact) mass is 266 g/mol. The smallest absolute Gasteiger partial charge is 0.313 e. The van der Waals surface area contributed by atoms with E-state index in [0.29, 0.717) is 0 Å². The van der Waals surface area contributed by atoms with Crippen LogP contribution in [0, 0.1) is 11.3 Å². The molecule has 2 rings (SSSR count). The molecule has 19 heavy (non-hydrogen) atoms. The normalized spacial score (nSPS) is 28.9. The Morgan fingerprint density at radius 2 is 1.95 bits per heavy atom. The van der Waals surface area contributed by atoms with Crippen LogP contribution in [-0.2, 0) is 19.1 Å². The van der Waals surface area contributed by atoms with Crippen molar-refractivity contribution in [3.05, 3.63) is 11.6 Å². The lowest BCUT2D eigenvalue weighted by Crippen LogP contribution is -2.42. The molecule has 0 unspecified atom stereocenters. The molecular formula is C15H22O4. The van der Waals surface area contributed by atoms with Gasteiger partial charge in [0.25, 0.3) is 0 Å². The average molecular weight is 266 g/mol. The molecule has 0 saturated heterocycles. The van der Waals surface area contributed by atoms with Crippen molar-refractivity contribution in [3.63, 3.8) is 0 Å². The third-order valence-corrected chi connectivity index (χ3v) is 4.48. The minimum atomic E-state index is -0.265. The molecule has 0 amide bonds. The quantitative estimate of drug-likeness (QED) is 0.569. The number of esters is 2. The van der Waals surface area contributed by atoms with Crippen LogP contribution >= 0.6 is 0 Å². The number of hydrogen-bond donors (Lipinski definition) is 0. The van der Waals surface area contributed by atoms with E-state index < -0.39 is 0 Å². The van der Waals surface area contributed by atoms with Gasteiger partial charge in [0.15, 0.2) is 0 Å². The van der Waals surface area contributed by atoms with Crippen LogP contribution in [0.5, 0.6) is 0 Å². The summed E-state index contributed by atoms with van der Waals surface area (Å²) >= 11 is 0. The van der Waals surface area contributed by atoms with Crippen LogP contribution in [0.15, 0.2) is 11.6 Å². The fourth-order valence-corrected chi connectivity index (χ4v) is 3.86. The molecule has 2 aliphatic rings. The summed E-state index contributed by atoms with van der Waals surface area (Å²) in [7, 11) is 1.44. The molecule has 1 spiro atoms. The zero-order chi connectivity index (χ0) is 14.0. The minimum Gasteiger partial charge on any atom is -0.469 e. The molecule has 0 aromatic rings. The molecule has 2 aliphatic carbocycles. The number of rotatable bonds is 2. The third-order valence-electron chi connectivity index (χ3n) is 4.48. The van der Waals surface area contributed by atoms with Crippen molar-refractivity contribution in [2.45, 2.75) is 52.1 Å². The Morgan fingerprint density at radius 3 is 2.47 bits per heavy atom. The van der Waals surface area contributed by atoms with Gasteiger partial charge in [0, 0.05) is 6.92 Å². The second-order valence-electron chi connectivity index (χ2n) is 5.79. The topological polar surface area (TPSA) is 52.6 Å². The van der Waals surface area contributed by atoms with Gasteiger partial charge in [-0.25, -0.2) is 0 Å². The van der Waals surface area contributed by atoms with Crippen molar-refractivity contribution in [2.75, 3.05) is 7.11 Å². The highest BCUT2D eigenvalue weighted by Gasteiger charge is 2.50.